The number of benzene rings is 1. The second kappa shape index (κ2) is 11.2. The monoisotopic (exact) mass is 391 g/mol. The van der Waals surface area contributed by atoms with Crippen molar-refractivity contribution in [2.75, 3.05) is 38.7 Å². The Labute approximate surface area is 165 Å². The predicted octanol–water partition coefficient (Wildman–Crippen LogP) is 2.40. The fourth-order valence-corrected chi connectivity index (χ4v) is 3.16. The fraction of sp³-hybridized carbons (Fsp3) is 0.550. The summed E-state index contributed by atoms with van der Waals surface area (Å²) in [5.41, 5.74) is 0.720. The molecule has 8 heteroatoms. The molecule has 1 fully saturated rings. The number of urea groups is 1. The molecule has 0 atom stereocenters. The number of methoxy groups -OCH3 is 1. The second-order valence-corrected chi connectivity index (χ2v) is 6.71. The summed E-state index contributed by atoms with van der Waals surface area (Å²) in [6, 6.07) is 7.02. The van der Waals surface area contributed by atoms with Crippen LogP contribution in [0.3, 0.4) is 0 Å². The smallest absolute Gasteiger partial charge is 0.325 e. The molecule has 0 unspecified atom stereocenters. The fourth-order valence-electron chi connectivity index (χ4n) is 3.16. The van der Waals surface area contributed by atoms with Gasteiger partial charge in [0.15, 0.2) is 0 Å². The first kappa shape index (κ1) is 21.5. The largest absolute Gasteiger partial charge is 0.497 e. The third-order valence-electron chi connectivity index (χ3n) is 4.72. The van der Waals surface area contributed by atoms with Crippen molar-refractivity contribution in [3.63, 3.8) is 0 Å². The zero-order chi connectivity index (χ0) is 20.4. The molecule has 1 aromatic rings. The Kier molecular flexibility index (Phi) is 8.58. The summed E-state index contributed by atoms with van der Waals surface area (Å²) in [7, 11) is 1.59. The van der Waals surface area contributed by atoms with Gasteiger partial charge in [0.05, 0.1) is 13.7 Å². The number of anilines is 1. The molecular weight excluding hydrogens is 362 g/mol. The van der Waals surface area contributed by atoms with Gasteiger partial charge >= 0.3 is 12.0 Å². The van der Waals surface area contributed by atoms with E-state index in [1.165, 1.54) is 0 Å². The van der Waals surface area contributed by atoms with E-state index in [2.05, 4.69) is 10.6 Å². The number of ether oxygens (including phenoxy) is 2. The van der Waals surface area contributed by atoms with Crippen molar-refractivity contribution in [3.05, 3.63) is 24.3 Å². The summed E-state index contributed by atoms with van der Waals surface area (Å²) in [6.45, 7) is 3.15. The van der Waals surface area contributed by atoms with E-state index in [1.807, 2.05) is 18.2 Å². The molecule has 0 aromatic heterocycles. The van der Waals surface area contributed by atoms with Crippen molar-refractivity contribution in [1.29, 1.82) is 0 Å². The van der Waals surface area contributed by atoms with E-state index in [-0.39, 0.29) is 18.5 Å². The number of nitrogens with zero attached hydrogens (tertiary/aromatic N) is 1. The number of hydrogen-bond acceptors (Lipinski definition) is 5. The maximum absolute atomic E-state index is 12.2. The van der Waals surface area contributed by atoms with Crippen molar-refractivity contribution in [2.45, 2.75) is 32.6 Å². The van der Waals surface area contributed by atoms with E-state index in [4.69, 9.17) is 9.47 Å². The van der Waals surface area contributed by atoms with Crippen LogP contribution in [0.1, 0.15) is 32.6 Å². The molecule has 154 valence electrons. The van der Waals surface area contributed by atoms with Crippen LogP contribution in [0.5, 0.6) is 5.75 Å². The minimum Gasteiger partial charge on any atom is -0.497 e. The molecule has 0 spiro atoms. The van der Waals surface area contributed by atoms with Gasteiger partial charge in [0, 0.05) is 31.3 Å². The summed E-state index contributed by atoms with van der Waals surface area (Å²) in [6.07, 6.45) is 2.92. The topological polar surface area (TPSA) is 97.0 Å². The molecule has 0 aliphatic carbocycles. The lowest BCUT2D eigenvalue weighted by atomic mass is 9.92. The molecule has 2 N–H and O–H groups in total. The predicted molar refractivity (Wildman–Crippen MR) is 105 cm³/mol. The lowest BCUT2D eigenvalue weighted by Gasteiger charge is -2.31. The van der Waals surface area contributed by atoms with E-state index >= 15 is 0 Å². The Morgan fingerprint density at radius 3 is 2.64 bits per heavy atom. The summed E-state index contributed by atoms with van der Waals surface area (Å²) in [5, 5.41) is 5.46. The molecule has 1 aliphatic rings. The molecule has 0 radical (unpaired) electrons. The molecule has 8 nitrogen and oxygen atoms in total. The molecule has 1 heterocycles. The summed E-state index contributed by atoms with van der Waals surface area (Å²) in [4.78, 5) is 37.2. The van der Waals surface area contributed by atoms with Gasteiger partial charge in [-0.1, -0.05) is 6.07 Å². The van der Waals surface area contributed by atoms with E-state index in [0.717, 1.165) is 24.9 Å². The molecule has 28 heavy (non-hydrogen) atoms. The van der Waals surface area contributed by atoms with Gasteiger partial charge in [-0.05, 0) is 44.2 Å². The molecule has 3 amide bonds. The van der Waals surface area contributed by atoms with Crippen LogP contribution in [-0.4, -0.2) is 56.2 Å². The van der Waals surface area contributed by atoms with Gasteiger partial charge in [-0.25, -0.2) is 4.79 Å². The number of likely N-dealkylation sites (tertiary alicyclic amines) is 1. The molecule has 1 aliphatic heterocycles. The maximum atomic E-state index is 12.2. The summed E-state index contributed by atoms with van der Waals surface area (Å²) < 4.78 is 9.94. The van der Waals surface area contributed by atoms with Gasteiger partial charge in [0.1, 0.15) is 12.3 Å². The number of piperidine rings is 1. The second-order valence-electron chi connectivity index (χ2n) is 6.71. The molecule has 1 aromatic carbocycles. The standard InChI is InChI=1S/C20H29N3O5/c1-3-28-19(25)14-21-20(26)23-11-9-15(10-12-23)7-8-18(24)22-16-5-4-6-17(13-16)27-2/h4-6,13,15H,3,7-12,14H2,1-2H3,(H,21,26)(H,22,24). The van der Waals surface area contributed by atoms with Crippen LogP contribution in [0.4, 0.5) is 10.5 Å². The molecular formula is C20H29N3O5. The quantitative estimate of drug-likeness (QED) is 0.663. The maximum Gasteiger partial charge on any atom is 0.325 e. The number of carbonyl (C=O) groups is 3. The van der Waals surface area contributed by atoms with E-state index in [0.29, 0.717) is 37.8 Å². The van der Waals surface area contributed by atoms with Gasteiger partial charge in [-0.15, -0.1) is 0 Å². The molecule has 2 rings (SSSR count). The first-order chi connectivity index (χ1) is 13.5. The lowest BCUT2D eigenvalue weighted by Crippen LogP contribution is -2.46. The van der Waals surface area contributed by atoms with Crippen LogP contribution in [0, 0.1) is 5.92 Å². The number of amides is 3. The van der Waals surface area contributed by atoms with E-state index < -0.39 is 5.97 Å². The lowest BCUT2D eigenvalue weighted by molar-refractivity contribution is -0.141. The SMILES string of the molecule is CCOC(=O)CNC(=O)N1CCC(CCC(=O)Nc2cccc(OC)c2)CC1. The van der Waals surface area contributed by atoms with Crippen molar-refractivity contribution >= 4 is 23.6 Å². The van der Waals surface area contributed by atoms with Crippen molar-refractivity contribution in [1.82, 2.24) is 10.2 Å². The summed E-state index contributed by atoms with van der Waals surface area (Å²) in [5.74, 6) is 0.646. The number of rotatable bonds is 8. The van der Waals surface area contributed by atoms with Crippen LogP contribution >= 0.6 is 0 Å². The van der Waals surface area contributed by atoms with Gasteiger partial charge < -0.3 is 25.0 Å². The minimum absolute atomic E-state index is 0.0251. The van der Waals surface area contributed by atoms with Gasteiger partial charge in [0.2, 0.25) is 5.91 Å². The number of esters is 1. The zero-order valence-electron chi connectivity index (χ0n) is 16.5. The first-order valence-corrected chi connectivity index (χ1v) is 9.64. The average Bonchev–Trinajstić information content (AvgIpc) is 2.71. The first-order valence-electron chi connectivity index (χ1n) is 9.64. The molecule has 1 saturated heterocycles. The summed E-state index contributed by atoms with van der Waals surface area (Å²) >= 11 is 0. The van der Waals surface area contributed by atoms with Crippen LogP contribution < -0.4 is 15.4 Å². The Morgan fingerprint density at radius 2 is 1.96 bits per heavy atom. The van der Waals surface area contributed by atoms with E-state index in [1.54, 1.807) is 25.0 Å². The van der Waals surface area contributed by atoms with Crippen LogP contribution in [0.2, 0.25) is 0 Å². The molecule has 0 bridgehead atoms. The van der Waals surface area contributed by atoms with Crippen LogP contribution in [0.25, 0.3) is 0 Å². The normalized spacial score (nSPS) is 14.3. The van der Waals surface area contributed by atoms with Crippen molar-refractivity contribution < 1.29 is 23.9 Å². The van der Waals surface area contributed by atoms with Crippen LogP contribution in [-0.2, 0) is 14.3 Å². The number of carbonyl (C=O) groups excluding carboxylic acids is 3. The highest BCUT2D eigenvalue weighted by Gasteiger charge is 2.23. The van der Waals surface area contributed by atoms with Crippen LogP contribution in [0.15, 0.2) is 24.3 Å². The van der Waals surface area contributed by atoms with Gasteiger partial charge in [-0.2, -0.15) is 0 Å². The minimum atomic E-state index is -0.437. The molecule has 0 saturated carbocycles. The third-order valence-corrected chi connectivity index (χ3v) is 4.72. The Hall–Kier alpha value is -2.77. The Morgan fingerprint density at radius 1 is 1.21 bits per heavy atom. The van der Waals surface area contributed by atoms with Crippen molar-refractivity contribution in [3.8, 4) is 5.75 Å². The average molecular weight is 391 g/mol. The van der Waals surface area contributed by atoms with Crippen molar-refractivity contribution in [2.24, 2.45) is 5.92 Å². The third kappa shape index (κ3) is 7.09. The highest BCUT2D eigenvalue weighted by atomic mass is 16.5. The van der Waals surface area contributed by atoms with E-state index in [9.17, 15) is 14.4 Å². The number of hydrogen-bond donors (Lipinski definition) is 2. The van der Waals surface area contributed by atoms with Gasteiger partial charge in [-0.3, -0.25) is 9.59 Å². The number of nitrogens with one attached hydrogen (secondary N) is 2. The van der Waals surface area contributed by atoms with Gasteiger partial charge in [0.25, 0.3) is 0 Å². The Bertz CT molecular complexity index is 672. The Balaban J connectivity index is 1.66. The zero-order valence-corrected chi connectivity index (χ0v) is 16.5. The highest BCUT2D eigenvalue weighted by Crippen LogP contribution is 2.23. The highest BCUT2D eigenvalue weighted by molar-refractivity contribution is 5.90.